The monoisotopic (exact) mass is 314 g/mol. The summed E-state index contributed by atoms with van der Waals surface area (Å²) in [4.78, 5) is 30.1. The molecular weight excluding hydrogens is 300 g/mol. The Balaban J connectivity index is 1.66. The topological polar surface area (TPSA) is 107 Å². The van der Waals surface area contributed by atoms with E-state index in [1.54, 1.807) is 36.7 Å². The molecule has 1 aliphatic rings. The van der Waals surface area contributed by atoms with Crippen LogP contribution in [-0.4, -0.2) is 26.8 Å². The molecule has 2 atom stereocenters. The van der Waals surface area contributed by atoms with Gasteiger partial charge in [-0.2, -0.15) is 0 Å². The molecule has 1 saturated carbocycles. The lowest BCUT2D eigenvalue weighted by Gasteiger charge is -2.10. The standard InChI is InChI=1S/C15H14N4O4/c1-9-7-10(23-15-16-5-2-6-17-15)3-4-12(9)18-14(20)11-8-13(11)19(21)22/h2-7,11,13H,8H2,1H3,(H,18,20)/t11-,13+/m0/s1. The smallest absolute Gasteiger partial charge is 0.321 e. The summed E-state index contributed by atoms with van der Waals surface area (Å²) in [6.45, 7) is 1.81. The molecule has 1 amide bonds. The molecule has 0 saturated heterocycles. The maximum absolute atomic E-state index is 12.0. The van der Waals surface area contributed by atoms with Gasteiger partial charge < -0.3 is 10.1 Å². The number of nitrogens with one attached hydrogen (secondary N) is 1. The van der Waals surface area contributed by atoms with Gasteiger partial charge in [-0.15, -0.1) is 0 Å². The van der Waals surface area contributed by atoms with Crippen molar-refractivity contribution in [1.82, 2.24) is 9.97 Å². The predicted molar refractivity (Wildman–Crippen MR) is 80.8 cm³/mol. The fourth-order valence-corrected chi connectivity index (χ4v) is 2.21. The molecule has 3 rings (SSSR count). The number of carbonyl (C=O) groups excluding carboxylic acids is 1. The SMILES string of the molecule is Cc1cc(Oc2ncccn2)ccc1NC(=O)[C@H]1C[C@H]1[N+](=O)[O-]. The van der Waals surface area contributed by atoms with E-state index in [0.717, 1.165) is 5.56 Å². The van der Waals surface area contributed by atoms with E-state index in [1.165, 1.54) is 0 Å². The van der Waals surface area contributed by atoms with Crippen LogP contribution in [0.25, 0.3) is 0 Å². The molecule has 118 valence electrons. The van der Waals surface area contributed by atoms with Gasteiger partial charge in [-0.3, -0.25) is 14.9 Å². The van der Waals surface area contributed by atoms with Gasteiger partial charge in [-0.25, -0.2) is 9.97 Å². The van der Waals surface area contributed by atoms with E-state index >= 15 is 0 Å². The minimum Gasteiger partial charge on any atom is -0.424 e. The number of nitrogens with zero attached hydrogens (tertiary/aromatic N) is 3. The zero-order valence-electron chi connectivity index (χ0n) is 12.3. The molecule has 8 nitrogen and oxygen atoms in total. The maximum Gasteiger partial charge on any atom is 0.321 e. The van der Waals surface area contributed by atoms with Crippen molar-refractivity contribution in [3.05, 3.63) is 52.3 Å². The number of rotatable bonds is 5. The zero-order valence-corrected chi connectivity index (χ0v) is 12.3. The summed E-state index contributed by atoms with van der Waals surface area (Å²) in [5.41, 5.74) is 1.38. The minimum absolute atomic E-state index is 0.232. The number of aromatic nitrogens is 2. The number of benzene rings is 1. The fourth-order valence-electron chi connectivity index (χ4n) is 2.21. The second kappa shape index (κ2) is 5.99. The van der Waals surface area contributed by atoms with E-state index in [-0.39, 0.29) is 11.9 Å². The van der Waals surface area contributed by atoms with Crippen molar-refractivity contribution in [2.45, 2.75) is 19.4 Å². The summed E-state index contributed by atoms with van der Waals surface area (Å²) in [7, 11) is 0. The Labute approximate surface area is 131 Å². The van der Waals surface area contributed by atoms with E-state index < -0.39 is 16.9 Å². The Morgan fingerprint density at radius 3 is 2.74 bits per heavy atom. The number of hydrogen-bond acceptors (Lipinski definition) is 6. The molecule has 0 aliphatic heterocycles. The van der Waals surface area contributed by atoms with Crippen molar-refractivity contribution in [1.29, 1.82) is 0 Å². The summed E-state index contributed by atoms with van der Waals surface area (Å²) in [6.07, 6.45) is 3.45. The van der Waals surface area contributed by atoms with E-state index in [9.17, 15) is 14.9 Å². The molecule has 8 heteroatoms. The van der Waals surface area contributed by atoms with Crippen LogP contribution in [0.4, 0.5) is 5.69 Å². The third kappa shape index (κ3) is 3.42. The molecule has 23 heavy (non-hydrogen) atoms. The number of ether oxygens (including phenoxy) is 1. The predicted octanol–water partition coefficient (Wildman–Crippen LogP) is 2.18. The molecule has 0 bridgehead atoms. The molecule has 0 spiro atoms. The Morgan fingerprint density at radius 1 is 1.39 bits per heavy atom. The Morgan fingerprint density at radius 2 is 2.13 bits per heavy atom. The first-order valence-corrected chi connectivity index (χ1v) is 7.04. The fraction of sp³-hybridized carbons (Fsp3) is 0.267. The minimum atomic E-state index is -0.756. The lowest BCUT2D eigenvalue weighted by molar-refractivity contribution is -0.497. The lowest BCUT2D eigenvalue weighted by Crippen LogP contribution is -2.19. The van der Waals surface area contributed by atoms with Crippen LogP contribution in [0.1, 0.15) is 12.0 Å². The van der Waals surface area contributed by atoms with Crippen LogP contribution in [0, 0.1) is 23.0 Å². The highest BCUT2D eigenvalue weighted by molar-refractivity contribution is 5.95. The molecule has 0 unspecified atom stereocenters. The first kappa shape index (κ1) is 14.9. The van der Waals surface area contributed by atoms with Crippen LogP contribution in [-0.2, 0) is 4.79 Å². The van der Waals surface area contributed by atoms with Gasteiger partial charge in [0.2, 0.25) is 11.9 Å². The molecular formula is C15H14N4O4. The Bertz CT molecular complexity index is 750. The third-order valence-electron chi connectivity index (χ3n) is 3.57. The summed E-state index contributed by atoms with van der Waals surface area (Å²) in [5.74, 6) is -0.325. The number of aryl methyl sites for hydroxylation is 1. The average Bonchev–Trinajstić information content (AvgIpc) is 3.32. The van der Waals surface area contributed by atoms with Crippen molar-refractivity contribution in [3.63, 3.8) is 0 Å². The van der Waals surface area contributed by atoms with Crippen LogP contribution >= 0.6 is 0 Å². The van der Waals surface area contributed by atoms with Crippen molar-refractivity contribution in [3.8, 4) is 11.8 Å². The van der Waals surface area contributed by atoms with Crippen LogP contribution in [0.3, 0.4) is 0 Å². The quantitative estimate of drug-likeness (QED) is 0.669. The number of hydrogen-bond donors (Lipinski definition) is 1. The van der Waals surface area contributed by atoms with Gasteiger partial charge in [0.05, 0.1) is 0 Å². The lowest BCUT2D eigenvalue weighted by atomic mass is 10.2. The largest absolute Gasteiger partial charge is 0.424 e. The van der Waals surface area contributed by atoms with Crippen molar-refractivity contribution in [2.24, 2.45) is 5.92 Å². The molecule has 1 N–H and O–H groups in total. The summed E-state index contributed by atoms with van der Waals surface area (Å²) < 4.78 is 5.50. The molecule has 1 aliphatic carbocycles. The van der Waals surface area contributed by atoms with Crippen molar-refractivity contribution < 1.29 is 14.5 Å². The highest BCUT2D eigenvalue weighted by Crippen LogP contribution is 2.34. The summed E-state index contributed by atoms with van der Waals surface area (Å²) >= 11 is 0. The summed E-state index contributed by atoms with van der Waals surface area (Å²) in [6, 6.07) is 6.27. The van der Waals surface area contributed by atoms with Gasteiger partial charge in [-0.05, 0) is 36.8 Å². The van der Waals surface area contributed by atoms with Gasteiger partial charge >= 0.3 is 6.01 Å². The highest BCUT2D eigenvalue weighted by Gasteiger charge is 2.53. The molecule has 1 aromatic heterocycles. The Kier molecular flexibility index (Phi) is 3.88. The van der Waals surface area contributed by atoms with Crippen molar-refractivity contribution >= 4 is 11.6 Å². The maximum atomic E-state index is 12.0. The van der Waals surface area contributed by atoms with Crippen LogP contribution in [0.15, 0.2) is 36.7 Å². The average molecular weight is 314 g/mol. The first-order valence-electron chi connectivity index (χ1n) is 7.04. The second-order valence-electron chi connectivity index (χ2n) is 5.29. The van der Waals surface area contributed by atoms with Crippen molar-refractivity contribution in [2.75, 3.05) is 5.32 Å². The van der Waals surface area contributed by atoms with E-state index in [4.69, 9.17) is 4.74 Å². The molecule has 0 radical (unpaired) electrons. The van der Waals surface area contributed by atoms with Gasteiger partial charge in [0, 0.05) is 29.4 Å². The highest BCUT2D eigenvalue weighted by atomic mass is 16.6. The first-order chi connectivity index (χ1) is 11.0. The third-order valence-corrected chi connectivity index (χ3v) is 3.57. The number of amides is 1. The molecule has 1 heterocycles. The summed E-state index contributed by atoms with van der Waals surface area (Å²) in [5, 5.41) is 13.3. The zero-order chi connectivity index (χ0) is 16.4. The molecule has 1 fully saturated rings. The number of anilines is 1. The Hall–Kier alpha value is -3.03. The van der Waals surface area contributed by atoms with Crippen LogP contribution in [0.2, 0.25) is 0 Å². The molecule has 1 aromatic carbocycles. The van der Waals surface area contributed by atoms with Crippen LogP contribution < -0.4 is 10.1 Å². The molecule has 2 aromatic rings. The van der Waals surface area contributed by atoms with Gasteiger partial charge in [0.15, 0.2) is 0 Å². The number of nitro groups is 1. The van der Waals surface area contributed by atoms with Gasteiger partial charge in [-0.1, -0.05) is 0 Å². The van der Waals surface area contributed by atoms with Gasteiger partial charge in [0.25, 0.3) is 0 Å². The normalized spacial score (nSPS) is 19.0. The van der Waals surface area contributed by atoms with E-state index in [1.807, 2.05) is 6.92 Å². The van der Waals surface area contributed by atoms with E-state index in [2.05, 4.69) is 15.3 Å². The van der Waals surface area contributed by atoms with Crippen LogP contribution in [0.5, 0.6) is 11.8 Å². The second-order valence-corrected chi connectivity index (χ2v) is 5.29. The van der Waals surface area contributed by atoms with Gasteiger partial charge in [0.1, 0.15) is 11.7 Å². The van der Waals surface area contributed by atoms with E-state index in [0.29, 0.717) is 17.9 Å². The number of carbonyl (C=O) groups is 1.